The molecule has 1 saturated heterocycles. The van der Waals surface area contributed by atoms with E-state index in [2.05, 4.69) is 25.3 Å². The van der Waals surface area contributed by atoms with Gasteiger partial charge in [0.25, 0.3) is 0 Å². The number of hydrogen-bond donors (Lipinski definition) is 2. The first kappa shape index (κ1) is 29.4. The number of ether oxygens (including phenoxy) is 2. The Kier molecular flexibility index (Phi) is 11.3. The van der Waals surface area contributed by atoms with Crippen molar-refractivity contribution in [2.24, 2.45) is 9.98 Å². The molecule has 3 atom stereocenters. The predicted octanol–water partition coefficient (Wildman–Crippen LogP) is 3.16. The van der Waals surface area contributed by atoms with Crippen LogP contribution < -0.4 is 15.8 Å². The normalized spacial score (nSPS) is 18.6. The number of anilines is 1. The van der Waals surface area contributed by atoms with Crippen LogP contribution in [0.3, 0.4) is 0 Å². The summed E-state index contributed by atoms with van der Waals surface area (Å²) >= 11 is 0. The smallest absolute Gasteiger partial charge is 0.237 e. The van der Waals surface area contributed by atoms with Crippen LogP contribution in [-0.2, 0) is 9.53 Å². The summed E-state index contributed by atoms with van der Waals surface area (Å²) in [6.07, 6.45) is 5.56. The number of nitrogens with one attached hydrogen (secondary N) is 1. The molecule has 10 nitrogen and oxygen atoms in total. The number of carbonyl (C=O) groups is 1. The minimum Gasteiger partial charge on any atom is -0.488 e. The van der Waals surface area contributed by atoms with Gasteiger partial charge in [-0.15, -0.1) is 0 Å². The number of nitrogens with zero attached hydrogens (tertiary/aromatic N) is 5. The zero-order valence-electron chi connectivity index (χ0n) is 22.8. The van der Waals surface area contributed by atoms with Crippen molar-refractivity contribution in [1.29, 1.82) is 0 Å². The molecule has 3 rings (SSSR count). The van der Waals surface area contributed by atoms with Crippen molar-refractivity contribution in [3.05, 3.63) is 23.9 Å². The molecule has 0 aliphatic carbocycles. The van der Waals surface area contributed by atoms with Crippen molar-refractivity contribution in [3.63, 3.8) is 0 Å². The monoisotopic (exact) mass is 529 g/mol. The van der Waals surface area contributed by atoms with Crippen LogP contribution in [0.25, 0.3) is 11.0 Å². The zero-order valence-corrected chi connectivity index (χ0v) is 22.8. The summed E-state index contributed by atoms with van der Waals surface area (Å²) in [5.74, 6) is 0.829. The Balaban J connectivity index is 1.72. The van der Waals surface area contributed by atoms with E-state index in [0.717, 1.165) is 37.8 Å². The molecule has 3 unspecified atom stereocenters. The average molecular weight is 530 g/mol. The first-order valence-corrected chi connectivity index (χ1v) is 13.2. The summed E-state index contributed by atoms with van der Waals surface area (Å²) in [5, 5.41) is 2.73. The number of likely N-dealkylation sites (tertiary alicyclic amines) is 1. The standard InChI is InChI=1S/C27H40FN7O3/c1-5-12-37-17-24(30-3)32-13-18(2)20-9-10-21-25(34-23(29)15-31-21)26(20)38-16-19(28)14-33-27(36)22-8-6-7-11-35(22)4/h9-10,13,15,18-19,22H,5-8,11-12,14,16-17H2,1-4H3,(H2,29,34)(H,33,36). The van der Waals surface area contributed by atoms with Crippen molar-refractivity contribution in [2.75, 3.05) is 52.7 Å². The van der Waals surface area contributed by atoms with Crippen molar-refractivity contribution in [1.82, 2.24) is 20.2 Å². The third-order valence-corrected chi connectivity index (χ3v) is 6.47. The van der Waals surface area contributed by atoms with Gasteiger partial charge in [-0.2, -0.15) is 0 Å². The Morgan fingerprint density at radius 2 is 2.21 bits per heavy atom. The molecule has 0 spiro atoms. The van der Waals surface area contributed by atoms with Crippen LogP contribution in [0, 0.1) is 0 Å². The van der Waals surface area contributed by atoms with E-state index in [1.54, 1.807) is 13.3 Å². The number of rotatable bonds is 12. The average Bonchev–Trinajstić information content (AvgIpc) is 2.92. The van der Waals surface area contributed by atoms with Crippen molar-refractivity contribution in [3.8, 4) is 5.75 Å². The van der Waals surface area contributed by atoms with E-state index in [4.69, 9.17) is 15.2 Å². The lowest BCUT2D eigenvalue weighted by Gasteiger charge is -2.31. The highest BCUT2D eigenvalue weighted by Crippen LogP contribution is 2.33. The van der Waals surface area contributed by atoms with E-state index in [1.165, 1.54) is 6.20 Å². The zero-order chi connectivity index (χ0) is 27.5. The number of piperidine rings is 1. The summed E-state index contributed by atoms with van der Waals surface area (Å²) in [5.41, 5.74) is 7.68. The molecule has 1 fully saturated rings. The second kappa shape index (κ2) is 14.7. The SMILES string of the molecule is CCCOCC(N=CC(C)c1ccc2ncc(N)nc2c1OCC(F)CNC(=O)C1CCCCN1C)=NC. The lowest BCUT2D eigenvalue weighted by atomic mass is 10.00. The van der Waals surface area contributed by atoms with Crippen LogP contribution in [0.1, 0.15) is 51.0 Å². The Morgan fingerprint density at radius 3 is 2.95 bits per heavy atom. The first-order chi connectivity index (χ1) is 18.3. The fraction of sp³-hybridized carbons (Fsp3) is 0.593. The quantitative estimate of drug-likeness (QED) is 0.246. The molecule has 2 heterocycles. The Hall–Kier alpha value is -3.18. The fourth-order valence-corrected chi connectivity index (χ4v) is 4.31. The van der Waals surface area contributed by atoms with Gasteiger partial charge in [0.1, 0.15) is 30.4 Å². The Labute approximate surface area is 223 Å². The molecule has 1 aromatic carbocycles. The number of aromatic nitrogens is 2. The van der Waals surface area contributed by atoms with Gasteiger partial charge >= 0.3 is 0 Å². The van der Waals surface area contributed by atoms with E-state index >= 15 is 0 Å². The largest absolute Gasteiger partial charge is 0.488 e. The highest BCUT2D eigenvalue weighted by molar-refractivity contribution is 5.93. The summed E-state index contributed by atoms with van der Waals surface area (Å²) in [6.45, 7) is 5.41. The van der Waals surface area contributed by atoms with E-state index < -0.39 is 6.17 Å². The molecule has 0 saturated carbocycles. The van der Waals surface area contributed by atoms with Crippen molar-refractivity contribution >= 4 is 34.8 Å². The predicted molar refractivity (Wildman–Crippen MR) is 149 cm³/mol. The van der Waals surface area contributed by atoms with Gasteiger partial charge in [-0.25, -0.2) is 14.4 Å². The van der Waals surface area contributed by atoms with Gasteiger partial charge in [-0.3, -0.25) is 19.7 Å². The molecular formula is C27H40FN7O3. The lowest BCUT2D eigenvalue weighted by molar-refractivity contribution is -0.127. The van der Waals surface area contributed by atoms with Gasteiger partial charge in [0.15, 0.2) is 11.9 Å². The van der Waals surface area contributed by atoms with Gasteiger partial charge in [0.05, 0.1) is 24.3 Å². The van der Waals surface area contributed by atoms with Gasteiger partial charge in [-0.05, 0) is 38.9 Å². The Morgan fingerprint density at radius 1 is 1.39 bits per heavy atom. The summed E-state index contributed by atoms with van der Waals surface area (Å²) < 4.78 is 26.4. The number of amides is 1. The van der Waals surface area contributed by atoms with Crippen molar-refractivity contribution < 1.29 is 18.7 Å². The molecule has 3 N–H and O–H groups in total. The topological polar surface area (TPSA) is 127 Å². The van der Waals surface area contributed by atoms with Crippen LogP contribution >= 0.6 is 0 Å². The second-order valence-electron chi connectivity index (χ2n) is 9.55. The van der Waals surface area contributed by atoms with E-state index in [9.17, 15) is 9.18 Å². The molecule has 0 radical (unpaired) electrons. The molecule has 1 aromatic heterocycles. The number of hydrogen-bond acceptors (Lipinski definition) is 8. The van der Waals surface area contributed by atoms with Crippen LogP contribution in [0.2, 0.25) is 0 Å². The van der Waals surface area contributed by atoms with Gasteiger partial charge in [-0.1, -0.05) is 26.3 Å². The molecule has 1 amide bonds. The highest BCUT2D eigenvalue weighted by Gasteiger charge is 2.26. The Bertz CT molecular complexity index is 1130. The van der Waals surface area contributed by atoms with Gasteiger partial charge in [0, 0.05) is 31.4 Å². The number of aliphatic imine (C=N–C) groups is 2. The lowest BCUT2D eigenvalue weighted by Crippen LogP contribution is -2.49. The molecule has 1 aliphatic rings. The molecule has 11 heteroatoms. The molecule has 0 bridgehead atoms. The maximum Gasteiger partial charge on any atom is 0.237 e. The number of nitrogen functional groups attached to an aromatic ring is 1. The van der Waals surface area contributed by atoms with Crippen molar-refractivity contribution in [2.45, 2.75) is 57.7 Å². The maximum absolute atomic E-state index is 14.9. The molecule has 38 heavy (non-hydrogen) atoms. The number of amidine groups is 1. The number of benzene rings is 1. The minimum atomic E-state index is -1.41. The number of halogens is 1. The second-order valence-corrected chi connectivity index (χ2v) is 9.55. The third-order valence-electron chi connectivity index (χ3n) is 6.47. The summed E-state index contributed by atoms with van der Waals surface area (Å²) in [7, 11) is 3.59. The van der Waals surface area contributed by atoms with Gasteiger partial charge in [0.2, 0.25) is 5.91 Å². The molecule has 1 aliphatic heterocycles. The van der Waals surface area contributed by atoms with Crippen LogP contribution in [0.15, 0.2) is 28.3 Å². The first-order valence-electron chi connectivity index (χ1n) is 13.2. The van der Waals surface area contributed by atoms with Crippen LogP contribution in [-0.4, -0.2) is 92.0 Å². The number of likely N-dealkylation sites (N-methyl/N-ethyl adjacent to an activating group) is 1. The summed E-state index contributed by atoms with van der Waals surface area (Å²) in [6, 6.07) is 3.47. The molecule has 2 aromatic rings. The van der Waals surface area contributed by atoms with Gasteiger partial charge < -0.3 is 20.5 Å². The summed E-state index contributed by atoms with van der Waals surface area (Å²) in [4.78, 5) is 32.0. The van der Waals surface area contributed by atoms with Crippen LogP contribution in [0.4, 0.5) is 10.2 Å². The van der Waals surface area contributed by atoms with E-state index in [1.807, 2.05) is 37.9 Å². The number of alkyl halides is 1. The minimum absolute atomic E-state index is 0.137. The fourth-order valence-electron chi connectivity index (χ4n) is 4.31. The highest BCUT2D eigenvalue weighted by atomic mass is 19.1. The van der Waals surface area contributed by atoms with E-state index in [0.29, 0.717) is 35.8 Å². The number of carbonyl (C=O) groups excluding carboxylic acids is 1. The maximum atomic E-state index is 14.9. The molecule has 208 valence electrons. The molecular weight excluding hydrogens is 489 g/mol. The number of fused-ring (bicyclic) bond motifs is 1. The number of nitrogens with two attached hydrogens (primary N) is 1. The van der Waals surface area contributed by atoms with Crippen LogP contribution in [0.5, 0.6) is 5.75 Å². The van der Waals surface area contributed by atoms with E-state index in [-0.39, 0.29) is 36.8 Å². The third kappa shape index (κ3) is 8.16.